The van der Waals surface area contributed by atoms with Crippen molar-refractivity contribution in [1.29, 1.82) is 0 Å². The third-order valence-corrected chi connectivity index (χ3v) is 27.9. The Bertz CT molecular complexity index is 5370. The van der Waals surface area contributed by atoms with Crippen LogP contribution in [0.15, 0.2) is 182 Å². The smallest absolute Gasteiger partial charge is 0.382 e. The van der Waals surface area contributed by atoms with Gasteiger partial charge in [0.05, 0.1) is 41.8 Å². The van der Waals surface area contributed by atoms with Gasteiger partial charge in [0.2, 0.25) is 17.8 Å². The normalized spacial score (nSPS) is 19.7. The number of rotatable bonds is 11. The maximum atomic E-state index is 13.5. The van der Waals surface area contributed by atoms with E-state index in [0.29, 0.717) is 38.1 Å². The van der Waals surface area contributed by atoms with E-state index in [-0.39, 0.29) is 39.3 Å². The molecule has 3 aromatic carbocycles. The Kier molecular flexibility index (Phi) is 18.9. The van der Waals surface area contributed by atoms with E-state index in [0.717, 1.165) is 181 Å². The monoisotopic (exact) mass is 1530 g/mol. The lowest BCUT2D eigenvalue weighted by Crippen LogP contribution is -2.45. The summed E-state index contributed by atoms with van der Waals surface area (Å²) in [5.41, 5.74) is 38.6. The quantitative estimate of drug-likeness (QED) is 0.0806. The van der Waals surface area contributed by atoms with Crippen LogP contribution >= 0.6 is 58.5 Å². The van der Waals surface area contributed by atoms with Crippen molar-refractivity contribution in [1.82, 2.24) is 58.1 Å². The van der Waals surface area contributed by atoms with Crippen LogP contribution < -0.4 is 43.0 Å². The zero-order valence-corrected chi connectivity index (χ0v) is 63.4. The van der Waals surface area contributed by atoms with E-state index < -0.39 is 11.9 Å². The Balaban J connectivity index is 0.000000118. The summed E-state index contributed by atoms with van der Waals surface area (Å²) in [4.78, 5) is 52.3. The molecule has 0 unspecified atom stereocenters. The zero-order chi connectivity index (χ0) is 73.7. The zero-order valence-electron chi connectivity index (χ0n) is 59.4. The molecule has 28 heteroatoms. The van der Waals surface area contributed by atoms with Crippen LogP contribution in [0.2, 0.25) is 10.0 Å². The molecule has 107 heavy (non-hydrogen) atoms. The second kappa shape index (κ2) is 28.4. The van der Waals surface area contributed by atoms with E-state index in [1.807, 2.05) is 67.6 Å². The maximum absolute atomic E-state index is 13.5. The summed E-state index contributed by atoms with van der Waals surface area (Å²) in [5, 5.41) is 4.54. The standard InChI is InChI=1S/C28H30ClN7S.C26H25F3N6S.C25H26ClN7S/c1-17-23(37-21-8-11-31-25(22(21)29)34-19-6-7-19)26-32-12-15-36(26)27(33-17)35-13-9-28(10-14-35)16-18-4-2-3-5-20(18)24(28)30;1-16-20(36-19-7-4-10-31-22(19)26(27,28)29)23-32-11-14-35(23)24(33-16)34-12-8-25(9-13-34)15-17-5-2-3-6-18(17)21(25)30;1-15-20(34-18-6-9-29-22(28)19(18)26)23-30-10-13-33(23)24(31-15)32-11-7-25(8-12-32)14-16-4-2-3-5-17(16)21(25)27/h2-5,8,11-12,15,19,24H,6-7,9-10,13-14,16,30H2,1H3,(H,31,34);2-7,10-11,14,21H,8-9,12-13,15,30H2,1H3;2-6,9-10,13,21H,7-8,11-12,14,27H2,1H3,(H2,28,29)/t24-;2*21-/m111/s1. The predicted molar refractivity (Wildman–Crippen MR) is 417 cm³/mol. The molecule has 0 bridgehead atoms. The summed E-state index contributed by atoms with van der Waals surface area (Å²) in [5.74, 6) is 3.71. The first-order chi connectivity index (χ1) is 51.8. The van der Waals surface area contributed by atoms with Crippen molar-refractivity contribution < 1.29 is 13.2 Å². The Labute approximate surface area is 640 Å². The van der Waals surface area contributed by atoms with E-state index in [1.165, 1.54) is 70.1 Å². The molecule has 20 nitrogen and oxygen atoms in total. The van der Waals surface area contributed by atoms with Gasteiger partial charge in [0, 0.05) is 134 Å². The van der Waals surface area contributed by atoms with Crippen molar-refractivity contribution in [2.24, 2.45) is 33.4 Å². The van der Waals surface area contributed by atoms with Crippen molar-refractivity contribution in [3.8, 4) is 0 Å². The maximum Gasteiger partial charge on any atom is 0.434 e. The van der Waals surface area contributed by atoms with Crippen LogP contribution in [0.25, 0.3) is 16.9 Å². The number of nitrogens with zero attached hydrogens (tertiary/aromatic N) is 15. The molecule has 3 saturated heterocycles. The molecule has 7 aliphatic rings. The van der Waals surface area contributed by atoms with Gasteiger partial charge in [-0.15, -0.1) is 0 Å². The van der Waals surface area contributed by atoms with E-state index in [1.54, 1.807) is 24.2 Å². The molecule has 3 aliphatic heterocycles. The fourth-order valence-electron chi connectivity index (χ4n) is 17.1. The van der Waals surface area contributed by atoms with Gasteiger partial charge >= 0.3 is 6.18 Å². The number of aromatic nitrogens is 12. The minimum atomic E-state index is -4.54. The Morgan fingerprint density at radius 3 is 1.21 bits per heavy atom. The Morgan fingerprint density at radius 2 is 0.822 bits per heavy atom. The van der Waals surface area contributed by atoms with Crippen molar-refractivity contribution in [2.45, 2.75) is 151 Å². The molecule has 4 aliphatic carbocycles. The molecule has 3 atom stereocenters. The van der Waals surface area contributed by atoms with Crippen LogP contribution in [0.4, 0.5) is 42.7 Å². The van der Waals surface area contributed by atoms with Crippen molar-refractivity contribution in [2.75, 3.05) is 65.0 Å². The van der Waals surface area contributed by atoms with Gasteiger partial charge in [-0.05, 0) is 165 Å². The average Bonchev–Trinajstić information content (AvgIpc) is 1.64. The lowest BCUT2D eigenvalue weighted by molar-refractivity contribution is -0.143. The van der Waals surface area contributed by atoms with Crippen LogP contribution in [0, 0.1) is 37.0 Å². The first-order valence-electron chi connectivity index (χ1n) is 36.4. The molecule has 1 saturated carbocycles. The van der Waals surface area contributed by atoms with Crippen LogP contribution in [-0.2, 0) is 25.4 Å². The predicted octanol–water partition coefficient (Wildman–Crippen LogP) is 15.8. The number of nitrogen functional groups attached to an aromatic ring is 1. The molecular formula is C79H81Cl2F3N20S3. The number of fused-ring (bicyclic) bond motifs is 6. The summed E-state index contributed by atoms with van der Waals surface area (Å²) in [6.07, 6.45) is 22.8. The number of hydrogen-bond donors (Lipinski definition) is 5. The second-order valence-corrected chi connectivity index (χ2v) is 33.4. The van der Waals surface area contributed by atoms with Gasteiger partial charge in [-0.25, -0.2) is 39.9 Å². The molecule has 0 radical (unpaired) electrons. The number of alkyl halides is 3. The van der Waals surface area contributed by atoms with Crippen molar-refractivity contribution in [3.05, 3.63) is 219 Å². The van der Waals surface area contributed by atoms with Crippen molar-refractivity contribution >= 4 is 105 Å². The summed E-state index contributed by atoms with van der Waals surface area (Å²) >= 11 is 17.3. The van der Waals surface area contributed by atoms with Crippen molar-refractivity contribution in [3.63, 3.8) is 0 Å². The summed E-state index contributed by atoms with van der Waals surface area (Å²) in [6.45, 7) is 11.2. The highest BCUT2D eigenvalue weighted by Gasteiger charge is 2.49. The van der Waals surface area contributed by atoms with Gasteiger partial charge in [-0.1, -0.05) is 131 Å². The molecule has 12 aromatic rings. The number of aryl methyl sites for hydroxylation is 3. The highest BCUT2D eigenvalue weighted by molar-refractivity contribution is 8.00. The van der Waals surface area contributed by atoms with Gasteiger partial charge in [0.1, 0.15) is 11.6 Å². The average molecular weight is 1530 g/mol. The minimum absolute atomic E-state index is 0.0277. The number of hydrogen-bond acceptors (Lipinski definition) is 20. The Morgan fingerprint density at radius 1 is 0.449 bits per heavy atom. The molecular weight excluding hydrogens is 1450 g/mol. The van der Waals surface area contributed by atoms with Gasteiger partial charge < -0.3 is 43.0 Å². The summed E-state index contributed by atoms with van der Waals surface area (Å²) < 4.78 is 46.6. The van der Waals surface area contributed by atoms with Gasteiger partial charge in [0.25, 0.3) is 0 Å². The van der Waals surface area contributed by atoms with E-state index in [2.05, 4.69) is 133 Å². The Hall–Kier alpha value is -8.73. The third-order valence-electron chi connectivity index (χ3n) is 23.2. The molecule has 9 aromatic heterocycles. The van der Waals surface area contributed by atoms with Gasteiger partial charge in [-0.2, -0.15) is 13.2 Å². The molecule has 19 rings (SSSR count). The lowest BCUT2D eigenvalue weighted by atomic mass is 9.73. The molecule has 9 N–H and O–H groups in total. The highest BCUT2D eigenvalue weighted by atomic mass is 35.5. The van der Waals surface area contributed by atoms with E-state index in [9.17, 15) is 13.2 Å². The summed E-state index contributed by atoms with van der Waals surface area (Å²) in [7, 11) is 0. The molecule has 550 valence electrons. The number of halogens is 5. The van der Waals surface area contributed by atoms with E-state index in [4.69, 9.17) is 66.1 Å². The number of benzene rings is 3. The van der Waals surface area contributed by atoms with Gasteiger partial charge in [-0.3, -0.25) is 18.2 Å². The number of imidazole rings is 3. The number of anilines is 5. The van der Waals surface area contributed by atoms with Crippen LogP contribution in [0.5, 0.6) is 0 Å². The fourth-order valence-corrected chi connectivity index (χ4v) is 20.6. The first kappa shape index (κ1) is 71.2. The number of nitrogens with one attached hydrogen (secondary N) is 1. The lowest BCUT2D eigenvalue weighted by Gasteiger charge is -2.42. The van der Waals surface area contributed by atoms with Crippen LogP contribution in [-0.4, -0.2) is 103 Å². The van der Waals surface area contributed by atoms with Crippen LogP contribution in [0.3, 0.4) is 0 Å². The minimum Gasteiger partial charge on any atom is -0.382 e. The molecule has 4 fully saturated rings. The highest BCUT2D eigenvalue weighted by Crippen LogP contribution is 2.55. The topological polar surface area (TPSA) is 255 Å². The summed E-state index contributed by atoms with van der Waals surface area (Å²) in [6, 6.07) is 33.3. The van der Waals surface area contributed by atoms with E-state index >= 15 is 0 Å². The molecule has 0 amide bonds. The molecule has 12 heterocycles. The fraction of sp³-hybridized carbons (Fsp3) is 0.354. The van der Waals surface area contributed by atoms with Crippen LogP contribution in [0.1, 0.15) is 126 Å². The number of nitrogens with two attached hydrogens (primary N) is 4. The SMILES string of the molecule is Cc1nc(N2CCC3(CC2)Cc2ccccc2[C@H]3N)n2ccnc2c1Sc1cccnc1C(F)(F)F.Cc1nc(N2CCC3(CC2)Cc2ccccc2[C@H]3N)n2ccnc2c1Sc1ccnc(N)c1Cl.Cc1nc(N2CCC3(CC2)Cc2ccccc2[C@H]3N)n2ccnc2c1Sc1ccnc(NC2CC2)c1Cl. The first-order valence-corrected chi connectivity index (χ1v) is 39.6. The second-order valence-electron chi connectivity index (χ2n) is 29.5. The largest absolute Gasteiger partial charge is 0.434 e. The molecule has 3 spiro atoms. The third kappa shape index (κ3) is 13.1. The number of piperidine rings is 3. The van der Waals surface area contributed by atoms with Gasteiger partial charge in [0.15, 0.2) is 22.6 Å². The number of pyridine rings is 3.